The first kappa shape index (κ1) is 19.5. The number of aromatic nitrogens is 1. The summed E-state index contributed by atoms with van der Waals surface area (Å²) in [5.41, 5.74) is 2.02. The fraction of sp³-hybridized carbons (Fsp3) is 0.0833. The molecular formula is C24H20N2O6. The Balaban J connectivity index is 1.81. The van der Waals surface area contributed by atoms with E-state index in [2.05, 4.69) is 0 Å². The molecule has 8 heteroatoms. The maximum absolute atomic E-state index is 10.1. The second kappa shape index (κ2) is 6.78. The number of aromatic hydroxyl groups is 6. The zero-order valence-electron chi connectivity index (χ0n) is 16.9. The van der Waals surface area contributed by atoms with Crippen molar-refractivity contribution in [2.24, 2.45) is 0 Å². The molecule has 1 atom stereocenters. The summed E-state index contributed by atoms with van der Waals surface area (Å²) in [5.74, 6) is -1.42. The molecule has 1 aliphatic heterocycles. The normalized spacial score (nSPS) is 15.8. The molecule has 0 radical (unpaired) electrons. The van der Waals surface area contributed by atoms with Gasteiger partial charge < -0.3 is 35.6 Å². The highest BCUT2D eigenvalue weighted by atomic mass is 16.3. The molecule has 32 heavy (non-hydrogen) atoms. The maximum atomic E-state index is 10.1. The minimum Gasteiger partial charge on any atom is -0.504 e. The molecule has 3 aromatic carbocycles. The summed E-state index contributed by atoms with van der Waals surface area (Å²) >= 11 is 0. The highest BCUT2D eigenvalue weighted by Crippen LogP contribution is 2.34. The monoisotopic (exact) mass is 432 g/mol. The van der Waals surface area contributed by atoms with Gasteiger partial charge in [0.15, 0.2) is 34.5 Å². The van der Waals surface area contributed by atoms with Crippen LogP contribution in [0.25, 0.3) is 23.1 Å². The number of hydrogen-bond donors (Lipinski definition) is 6. The van der Waals surface area contributed by atoms with Gasteiger partial charge in [-0.15, -0.1) is 0 Å². The molecule has 8 nitrogen and oxygen atoms in total. The second-order valence-electron chi connectivity index (χ2n) is 7.79. The van der Waals surface area contributed by atoms with E-state index >= 15 is 0 Å². The Labute approximate surface area is 181 Å². The zero-order valence-corrected chi connectivity index (χ0v) is 16.9. The second-order valence-corrected chi connectivity index (χ2v) is 7.79. The molecule has 2 heterocycles. The van der Waals surface area contributed by atoms with Gasteiger partial charge >= 0.3 is 0 Å². The molecule has 5 rings (SSSR count). The Kier molecular flexibility index (Phi) is 4.13. The molecule has 0 fully saturated rings. The predicted octanol–water partition coefficient (Wildman–Crippen LogP) is 1.81. The third-order valence-electron chi connectivity index (χ3n) is 5.80. The lowest BCUT2D eigenvalue weighted by Crippen LogP contribution is -2.35. The molecule has 1 aromatic heterocycles. The maximum Gasteiger partial charge on any atom is 0.159 e. The highest BCUT2D eigenvalue weighted by molar-refractivity contribution is 5.87. The van der Waals surface area contributed by atoms with Crippen LogP contribution in [0.2, 0.25) is 0 Å². The molecular weight excluding hydrogens is 412 g/mol. The first-order chi connectivity index (χ1) is 15.2. The lowest BCUT2D eigenvalue weighted by atomic mass is 10.0. The number of phenols is 6. The minimum atomic E-state index is -0.280. The van der Waals surface area contributed by atoms with Crippen molar-refractivity contribution < 1.29 is 30.6 Å². The smallest absolute Gasteiger partial charge is 0.159 e. The number of benzene rings is 3. The van der Waals surface area contributed by atoms with Crippen molar-refractivity contribution in [2.45, 2.75) is 6.04 Å². The van der Waals surface area contributed by atoms with Crippen LogP contribution in [0.3, 0.4) is 0 Å². The Morgan fingerprint density at radius 2 is 1.34 bits per heavy atom. The van der Waals surface area contributed by atoms with Crippen LogP contribution in [0.4, 0.5) is 0 Å². The van der Waals surface area contributed by atoms with Gasteiger partial charge in [0, 0.05) is 23.7 Å². The molecule has 162 valence electrons. The molecule has 4 aromatic rings. The van der Waals surface area contributed by atoms with Crippen molar-refractivity contribution in [2.75, 3.05) is 12.1 Å². The molecule has 0 saturated heterocycles. The summed E-state index contributed by atoms with van der Waals surface area (Å²) < 4.78 is 1.88. The molecule has 1 aliphatic rings. The van der Waals surface area contributed by atoms with E-state index < -0.39 is 0 Å². The summed E-state index contributed by atoms with van der Waals surface area (Å²) in [6.45, 7) is 0. The lowest BCUT2D eigenvalue weighted by Gasteiger charge is -2.25. The van der Waals surface area contributed by atoms with Crippen molar-refractivity contribution in [1.82, 2.24) is 4.68 Å². The number of fused-ring (bicyclic) bond motifs is 3. The van der Waals surface area contributed by atoms with E-state index in [0.29, 0.717) is 16.5 Å². The Morgan fingerprint density at radius 3 is 2.03 bits per heavy atom. The molecule has 0 spiro atoms. The van der Waals surface area contributed by atoms with E-state index in [1.165, 1.54) is 36.4 Å². The largest absolute Gasteiger partial charge is 0.504 e. The summed E-state index contributed by atoms with van der Waals surface area (Å²) in [7, 11) is 1.85. The van der Waals surface area contributed by atoms with Crippen LogP contribution >= 0.6 is 0 Å². The lowest BCUT2D eigenvalue weighted by molar-refractivity contribution is 0.402. The SMILES string of the molecule is CN1C(c2ccc(O)c(O)c2)C=c2/c(=C\c3ccc(O)c(O)c3)c3cc(O)c(O)cc3n21. The standard InChI is InChI=1S/C24H20N2O6/c1-25-16(13-3-5-20(28)22(30)8-13)10-17-14(6-12-2-4-19(27)21(29)7-12)15-9-23(31)24(32)11-18(15)26(17)25/h2-11,16,27-32H,1H3/b14-6-. The Bertz CT molecular complexity index is 1520. The number of nitrogens with zero attached hydrogens (tertiary/aromatic N) is 2. The third kappa shape index (κ3) is 2.84. The summed E-state index contributed by atoms with van der Waals surface area (Å²) in [6.07, 6.45) is 3.77. The van der Waals surface area contributed by atoms with E-state index in [4.69, 9.17) is 0 Å². The van der Waals surface area contributed by atoms with Gasteiger partial charge in [-0.1, -0.05) is 12.1 Å². The third-order valence-corrected chi connectivity index (χ3v) is 5.80. The molecule has 0 aliphatic carbocycles. The van der Waals surface area contributed by atoms with Gasteiger partial charge in [-0.3, -0.25) is 4.68 Å². The van der Waals surface area contributed by atoms with Gasteiger partial charge in [-0.2, -0.15) is 0 Å². The zero-order chi connectivity index (χ0) is 22.7. The van der Waals surface area contributed by atoms with Crippen LogP contribution in [0.15, 0.2) is 48.5 Å². The Hall–Kier alpha value is -4.46. The fourth-order valence-corrected chi connectivity index (χ4v) is 4.21. The number of phenolic OH excluding ortho intramolecular Hbond substituents is 6. The van der Waals surface area contributed by atoms with Gasteiger partial charge in [-0.05, 0) is 53.6 Å². The van der Waals surface area contributed by atoms with Crippen LogP contribution in [0, 0.1) is 0 Å². The quantitative estimate of drug-likeness (QED) is 0.267. The van der Waals surface area contributed by atoms with Gasteiger partial charge in [0.25, 0.3) is 0 Å². The van der Waals surface area contributed by atoms with E-state index in [0.717, 1.165) is 16.1 Å². The summed E-state index contributed by atoms with van der Waals surface area (Å²) in [4.78, 5) is 0. The average molecular weight is 432 g/mol. The van der Waals surface area contributed by atoms with Crippen molar-refractivity contribution >= 4 is 23.1 Å². The van der Waals surface area contributed by atoms with Gasteiger partial charge in [-0.25, -0.2) is 0 Å². The molecule has 0 bridgehead atoms. The molecule has 0 saturated carbocycles. The summed E-state index contributed by atoms with van der Waals surface area (Å²) in [6, 6.07) is 11.8. The van der Waals surface area contributed by atoms with Crippen molar-refractivity contribution in [3.63, 3.8) is 0 Å². The summed E-state index contributed by atoms with van der Waals surface area (Å²) in [5, 5.41) is 63.5. The molecule has 6 N–H and O–H groups in total. The van der Waals surface area contributed by atoms with Crippen LogP contribution in [0.5, 0.6) is 34.5 Å². The van der Waals surface area contributed by atoms with Gasteiger partial charge in [0.1, 0.15) is 0 Å². The van der Waals surface area contributed by atoms with Gasteiger partial charge in [0.05, 0.1) is 16.9 Å². The van der Waals surface area contributed by atoms with E-state index in [1.807, 2.05) is 28.9 Å². The van der Waals surface area contributed by atoms with E-state index in [9.17, 15) is 30.6 Å². The van der Waals surface area contributed by atoms with Crippen LogP contribution in [-0.4, -0.2) is 42.4 Å². The van der Waals surface area contributed by atoms with E-state index in [1.54, 1.807) is 12.1 Å². The fourth-order valence-electron chi connectivity index (χ4n) is 4.21. The first-order valence-corrected chi connectivity index (χ1v) is 9.81. The van der Waals surface area contributed by atoms with Crippen LogP contribution in [-0.2, 0) is 0 Å². The predicted molar refractivity (Wildman–Crippen MR) is 119 cm³/mol. The number of hydrogen-bond acceptors (Lipinski definition) is 7. The molecule has 1 unspecified atom stereocenters. The first-order valence-electron chi connectivity index (χ1n) is 9.81. The topological polar surface area (TPSA) is 130 Å². The van der Waals surface area contributed by atoms with Crippen LogP contribution < -0.4 is 15.6 Å². The Morgan fingerprint density at radius 1 is 0.719 bits per heavy atom. The molecule has 0 amide bonds. The van der Waals surface area contributed by atoms with Crippen molar-refractivity contribution in [3.05, 3.63) is 70.2 Å². The van der Waals surface area contributed by atoms with Crippen molar-refractivity contribution in [3.8, 4) is 34.5 Å². The van der Waals surface area contributed by atoms with Crippen LogP contribution in [0.1, 0.15) is 17.2 Å². The highest BCUT2D eigenvalue weighted by Gasteiger charge is 2.26. The average Bonchev–Trinajstić information content (AvgIpc) is 3.23. The number of rotatable bonds is 2. The van der Waals surface area contributed by atoms with Gasteiger partial charge in [0.2, 0.25) is 0 Å². The van der Waals surface area contributed by atoms with E-state index in [-0.39, 0.29) is 40.5 Å². The minimum absolute atomic E-state index is 0.207. The van der Waals surface area contributed by atoms with Crippen molar-refractivity contribution in [1.29, 1.82) is 0 Å².